The Morgan fingerprint density at radius 1 is 1.04 bits per heavy atom. The van der Waals surface area contributed by atoms with Crippen LogP contribution in [0.5, 0.6) is 0 Å². The first-order valence-electron chi connectivity index (χ1n) is 8.45. The van der Waals surface area contributed by atoms with Gasteiger partial charge in [-0.1, -0.05) is 29.3 Å². The summed E-state index contributed by atoms with van der Waals surface area (Å²) in [6.07, 6.45) is 0. The summed E-state index contributed by atoms with van der Waals surface area (Å²) in [5.74, 6) is 0.550. The van der Waals surface area contributed by atoms with Gasteiger partial charge in [-0.25, -0.2) is 0 Å². The lowest BCUT2D eigenvalue weighted by atomic mass is 10.1. The van der Waals surface area contributed by atoms with E-state index in [1.54, 1.807) is 36.4 Å². The van der Waals surface area contributed by atoms with Crippen LogP contribution in [-0.4, -0.2) is 10.1 Å². The van der Waals surface area contributed by atoms with Crippen LogP contribution >= 0.6 is 11.6 Å². The Balaban J connectivity index is 1.71. The third-order valence-corrected chi connectivity index (χ3v) is 5.75. The van der Waals surface area contributed by atoms with E-state index in [9.17, 15) is 9.00 Å². The highest BCUT2D eigenvalue weighted by molar-refractivity contribution is 7.84. The number of furan rings is 1. The van der Waals surface area contributed by atoms with Gasteiger partial charge in [-0.05, 0) is 68.3 Å². The minimum absolute atomic E-state index is 0.192. The largest absolute Gasteiger partial charge is 0.455 e. The van der Waals surface area contributed by atoms with Crippen LogP contribution in [0.1, 0.15) is 33.0 Å². The van der Waals surface area contributed by atoms with Gasteiger partial charge in [-0.2, -0.15) is 0 Å². The molecule has 6 heteroatoms. The van der Waals surface area contributed by atoms with Crippen molar-refractivity contribution in [1.29, 1.82) is 0 Å². The van der Waals surface area contributed by atoms with Gasteiger partial charge >= 0.3 is 0 Å². The third kappa shape index (κ3) is 4.67. The molecule has 1 heterocycles. The smallest absolute Gasteiger partial charge is 0.291 e. The number of carbonyl (C=O) groups is 1. The second-order valence-corrected chi connectivity index (χ2v) is 8.33. The Kier molecular flexibility index (Phi) is 5.82. The molecule has 3 rings (SSSR count). The summed E-state index contributed by atoms with van der Waals surface area (Å²) in [4.78, 5) is 13.2. The topological polar surface area (TPSA) is 59.3 Å². The minimum Gasteiger partial charge on any atom is -0.455 e. The average Bonchev–Trinajstić information content (AvgIpc) is 3.07. The quantitative estimate of drug-likeness (QED) is 0.621. The number of nitrogens with one attached hydrogen (secondary N) is 1. The molecular weight excluding hydrogens is 382 g/mol. The summed E-state index contributed by atoms with van der Waals surface area (Å²) >= 11 is 5.85. The second kappa shape index (κ2) is 8.11. The van der Waals surface area contributed by atoms with E-state index >= 15 is 0 Å². The lowest BCUT2D eigenvalue weighted by Crippen LogP contribution is -2.13. The number of benzene rings is 2. The van der Waals surface area contributed by atoms with Crippen LogP contribution in [0.15, 0.2) is 57.8 Å². The first-order chi connectivity index (χ1) is 12.8. The molecule has 0 aliphatic heterocycles. The van der Waals surface area contributed by atoms with E-state index in [4.69, 9.17) is 16.0 Å². The van der Waals surface area contributed by atoms with E-state index in [1.165, 1.54) is 0 Å². The van der Waals surface area contributed by atoms with Crippen molar-refractivity contribution in [3.8, 4) is 0 Å². The molecule has 0 fully saturated rings. The van der Waals surface area contributed by atoms with E-state index < -0.39 is 10.8 Å². The lowest BCUT2D eigenvalue weighted by Gasteiger charge is -2.11. The molecule has 1 unspecified atom stereocenters. The third-order valence-electron chi connectivity index (χ3n) is 4.15. The van der Waals surface area contributed by atoms with Gasteiger partial charge in [0.15, 0.2) is 5.76 Å². The maximum Gasteiger partial charge on any atom is 0.291 e. The van der Waals surface area contributed by atoms with Gasteiger partial charge in [-0.15, -0.1) is 0 Å². The minimum atomic E-state index is -1.27. The van der Waals surface area contributed by atoms with Crippen LogP contribution in [-0.2, 0) is 16.6 Å². The highest BCUT2D eigenvalue weighted by atomic mass is 35.5. The number of amides is 1. The predicted molar refractivity (Wildman–Crippen MR) is 109 cm³/mol. The van der Waals surface area contributed by atoms with Gasteiger partial charge < -0.3 is 9.73 Å². The summed E-state index contributed by atoms with van der Waals surface area (Å²) in [5.41, 5.74) is 3.93. The molecule has 140 valence electrons. The summed E-state index contributed by atoms with van der Waals surface area (Å²) in [6, 6.07) is 14.1. The van der Waals surface area contributed by atoms with E-state index in [0.29, 0.717) is 15.7 Å². The van der Waals surface area contributed by atoms with Crippen LogP contribution in [0, 0.1) is 20.8 Å². The fourth-order valence-electron chi connectivity index (χ4n) is 2.93. The second-order valence-electron chi connectivity index (χ2n) is 6.44. The highest BCUT2D eigenvalue weighted by Crippen LogP contribution is 2.23. The first-order valence-corrected chi connectivity index (χ1v) is 10.1. The van der Waals surface area contributed by atoms with Crippen molar-refractivity contribution in [2.24, 2.45) is 0 Å². The van der Waals surface area contributed by atoms with Gasteiger partial charge in [0.05, 0.1) is 16.6 Å². The van der Waals surface area contributed by atoms with Gasteiger partial charge in [0.1, 0.15) is 5.76 Å². The molecule has 4 nitrogen and oxygen atoms in total. The molecule has 1 amide bonds. The Bertz CT molecular complexity index is 986. The lowest BCUT2D eigenvalue weighted by molar-refractivity contribution is 0.0995. The maximum absolute atomic E-state index is 12.5. The standard InChI is InChI=1S/C21H20ClNO3S/c1-13-10-14(2)20(15(3)11-13)23-21(24)19-9-6-17(26-19)12-27(25)18-7-4-16(22)5-8-18/h4-11H,12H2,1-3H3,(H,23,24). The van der Waals surface area contributed by atoms with Crippen LogP contribution in [0.4, 0.5) is 5.69 Å². The fraction of sp³-hybridized carbons (Fsp3) is 0.190. The van der Waals surface area contributed by atoms with Crippen molar-refractivity contribution >= 4 is 34.0 Å². The number of carbonyl (C=O) groups excluding carboxylic acids is 1. The van der Waals surface area contributed by atoms with Crippen molar-refractivity contribution in [2.75, 3.05) is 5.32 Å². The molecule has 0 aliphatic rings. The molecule has 1 N–H and O–H groups in total. The Hall–Kier alpha value is -2.37. The van der Waals surface area contributed by atoms with Crippen LogP contribution in [0.25, 0.3) is 0 Å². The zero-order valence-corrected chi connectivity index (χ0v) is 16.9. The van der Waals surface area contributed by atoms with Gasteiger partial charge in [-0.3, -0.25) is 9.00 Å². The van der Waals surface area contributed by atoms with Crippen molar-refractivity contribution in [3.63, 3.8) is 0 Å². The molecule has 1 atom stereocenters. The van der Waals surface area contributed by atoms with Gasteiger partial charge in [0.2, 0.25) is 0 Å². The molecule has 0 saturated carbocycles. The molecule has 0 radical (unpaired) electrons. The summed E-state index contributed by atoms with van der Waals surface area (Å²) in [5, 5.41) is 3.50. The number of anilines is 1. The maximum atomic E-state index is 12.5. The van der Waals surface area contributed by atoms with E-state index in [0.717, 1.165) is 22.4 Å². The monoisotopic (exact) mass is 401 g/mol. The molecule has 0 spiro atoms. The van der Waals surface area contributed by atoms with Gasteiger partial charge in [0.25, 0.3) is 5.91 Å². The summed E-state index contributed by atoms with van der Waals surface area (Å²) in [7, 11) is -1.27. The fourth-order valence-corrected chi connectivity index (χ4v) is 4.07. The molecule has 0 aliphatic carbocycles. The number of hydrogen-bond acceptors (Lipinski definition) is 3. The van der Waals surface area contributed by atoms with Crippen LogP contribution in [0.2, 0.25) is 5.02 Å². The molecule has 3 aromatic rings. The molecule has 1 aromatic heterocycles. The number of halogens is 1. The Morgan fingerprint density at radius 3 is 2.30 bits per heavy atom. The molecule has 0 saturated heterocycles. The van der Waals surface area contributed by atoms with E-state index in [1.807, 2.05) is 32.9 Å². The SMILES string of the molecule is Cc1cc(C)c(NC(=O)c2ccc(CS(=O)c3ccc(Cl)cc3)o2)c(C)c1. The summed E-state index contributed by atoms with van der Waals surface area (Å²) < 4.78 is 18.0. The molecule has 0 bridgehead atoms. The van der Waals surface area contributed by atoms with Crippen molar-refractivity contribution in [3.05, 3.63) is 81.8 Å². The van der Waals surface area contributed by atoms with Gasteiger partial charge in [0, 0.05) is 15.6 Å². The molecule has 2 aromatic carbocycles. The number of aryl methyl sites for hydroxylation is 3. The normalized spacial score (nSPS) is 12.0. The first kappa shape index (κ1) is 19.4. The zero-order valence-electron chi connectivity index (χ0n) is 15.3. The summed E-state index contributed by atoms with van der Waals surface area (Å²) in [6.45, 7) is 5.93. The average molecular weight is 402 g/mol. The Labute approximate surface area is 166 Å². The van der Waals surface area contributed by atoms with E-state index in [-0.39, 0.29) is 17.4 Å². The molecule has 27 heavy (non-hydrogen) atoms. The number of hydrogen-bond donors (Lipinski definition) is 1. The zero-order chi connectivity index (χ0) is 19.6. The van der Waals surface area contributed by atoms with Crippen molar-refractivity contribution < 1.29 is 13.4 Å². The highest BCUT2D eigenvalue weighted by Gasteiger charge is 2.16. The van der Waals surface area contributed by atoms with Crippen molar-refractivity contribution in [2.45, 2.75) is 31.4 Å². The Morgan fingerprint density at radius 2 is 1.67 bits per heavy atom. The van der Waals surface area contributed by atoms with Crippen molar-refractivity contribution in [1.82, 2.24) is 0 Å². The van der Waals surface area contributed by atoms with Crippen LogP contribution < -0.4 is 5.32 Å². The van der Waals surface area contributed by atoms with Crippen LogP contribution in [0.3, 0.4) is 0 Å². The van der Waals surface area contributed by atoms with E-state index in [2.05, 4.69) is 5.32 Å². The number of rotatable bonds is 5. The molecular formula is C21H20ClNO3S. The predicted octanol–water partition coefficient (Wildman–Crippen LogP) is 5.42.